The molecule has 0 saturated heterocycles. The highest BCUT2D eigenvalue weighted by atomic mass is 16.2. The molecule has 122 valence electrons. The van der Waals surface area contributed by atoms with Gasteiger partial charge in [0.05, 0.1) is 0 Å². The Kier molecular flexibility index (Phi) is 11.0. The van der Waals surface area contributed by atoms with Crippen molar-refractivity contribution in [2.75, 3.05) is 19.6 Å². The van der Waals surface area contributed by atoms with Crippen LogP contribution in [0.25, 0.3) is 0 Å². The van der Waals surface area contributed by atoms with Gasteiger partial charge >= 0.3 is 6.03 Å². The number of carbonyl (C=O) groups is 3. The summed E-state index contributed by atoms with van der Waals surface area (Å²) in [5.74, 6) is 0.117. The molecule has 0 aromatic heterocycles. The maximum absolute atomic E-state index is 11.5. The fourth-order valence-electron chi connectivity index (χ4n) is 1.63. The molecule has 21 heavy (non-hydrogen) atoms. The summed E-state index contributed by atoms with van der Waals surface area (Å²) in [5.41, 5.74) is 4.89. The highest BCUT2D eigenvalue weighted by molar-refractivity contribution is 5.78. The molecule has 5 N–H and O–H groups in total. The molecule has 0 aliphatic rings. The zero-order valence-electron chi connectivity index (χ0n) is 13.0. The summed E-state index contributed by atoms with van der Waals surface area (Å²) >= 11 is 0. The normalized spacial score (nSPS) is 11.5. The highest BCUT2D eigenvalue weighted by Gasteiger charge is 2.08. The molecule has 1 atom stereocenters. The SMILES string of the molecule is CCC(C)C(=O)NCCCCCC(=O)NCCNC(N)=O. The summed E-state index contributed by atoms with van der Waals surface area (Å²) in [6.45, 7) is 5.28. The van der Waals surface area contributed by atoms with Gasteiger partial charge in [0.25, 0.3) is 0 Å². The monoisotopic (exact) mass is 300 g/mol. The largest absolute Gasteiger partial charge is 0.356 e. The van der Waals surface area contributed by atoms with Gasteiger partial charge in [0.1, 0.15) is 0 Å². The van der Waals surface area contributed by atoms with Gasteiger partial charge in [-0.25, -0.2) is 4.79 Å². The van der Waals surface area contributed by atoms with Gasteiger partial charge in [0.2, 0.25) is 11.8 Å². The number of carbonyl (C=O) groups excluding carboxylic acids is 3. The van der Waals surface area contributed by atoms with Crippen LogP contribution in [0.5, 0.6) is 0 Å². The Balaban J connectivity index is 3.40. The highest BCUT2D eigenvalue weighted by Crippen LogP contribution is 2.01. The van der Waals surface area contributed by atoms with Crippen LogP contribution in [0.1, 0.15) is 46.0 Å². The van der Waals surface area contributed by atoms with Crippen molar-refractivity contribution < 1.29 is 14.4 Å². The van der Waals surface area contributed by atoms with Crippen LogP contribution in [-0.4, -0.2) is 37.5 Å². The van der Waals surface area contributed by atoms with Gasteiger partial charge in [-0.2, -0.15) is 0 Å². The second-order valence-electron chi connectivity index (χ2n) is 5.05. The van der Waals surface area contributed by atoms with Crippen molar-refractivity contribution in [3.8, 4) is 0 Å². The van der Waals surface area contributed by atoms with E-state index in [0.717, 1.165) is 25.7 Å². The Morgan fingerprint density at radius 3 is 2.24 bits per heavy atom. The van der Waals surface area contributed by atoms with Crippen LogP contribution in [0.3, 0.4) is 0 Å². The molecule has 0 spiro atoms. The lowest BCUT2D eigenvalue weighted by atomic mass is 10.1. The van der Waals surface area contributed by atoms with Crippen molar-refractivity contribution in [3.63, 3.8) is 0 Å². The number of amides is 4. The third-order valence-corrected chi connectivity index (χ3v) is 3.19. The second-order valence-corrected chi connectivity index (χ2v) is 5.05. The average molecular weight is 300 g/mol. The molecule has 1 unspecified atom stereocenters. The molecule has 0 saturated carbocycles. The molecule has 0 aliphatic heterocycles. The van der Waals surface area contributed by atoms with Gasteiger partial charge in [-0.15, -0.1) is 0 Å². The Bertz CT molecular complexity index is 334. The van der Waals surface area contributed by atoms with Gasteiger partial charge < -0.3 is 21.7 Å². The minimum absolute atomic E-state index is 0.0371. The third-order valence-electron chi connectivity index (χ3n) is 3.19. The van der Waals surface area contributed by atoms with E-state index in [1.807, 2.05) is 13.8 Å². The lowest BCUT2D eigenvalue weighted by molar-refractivity contribution is -0.124. The Hall–Kier alpha value is -1.79. The minimum atomic E-state index is -0.594. The average Bonchev–Trinajstić information content (AvgIpc) is 2.45. The van der Waals surface area contributed by atoms with Crippen molar-refractivity contribution in [2.24, 2.45) is 11.7 Å². The van der Waals surface area contributed by atoms with Crippen LogP contribution in [0.2, 0.25) is 0 Å². The molecule has 0 aromatic carbocycles. The lowest BCUT2D eigenvalue weighted by Gasteiger charge is -2.09. The summed E-state index contributed by atoms with van der Waals surface area (Å²) in [6.07, 6.45) is 3.85. The molecule has 0 fully saturated rings. The van der Waals surface area contributed by atoms with Crippen LogP contribution in [0.15, 0.2) is 0 Å². The molecule has 0 rings (SSSR count). The maximum atomic E-state index is 11.5. The summed E-state index contributed by atoms with van der Waals surface area (Å²) < 4.78 is 0. The zero-order valence-corrected chi connectivity index (χ0v) is 13.0. The molecule has 0 heterocycles. The number of rotatable bonds is 11. The summed E-state index contributed by atoms with van der Waals surface area (Å²) in [7, 11) is 0. The van der Waals surface area contributed by atoms with E-state index in [9.17, 15) is 14.4 Å². The molecule has 4 amide bonds. The standard InChI is InChI=1S/C14H28N4O3/c1-3-11(2)13(20)17-8-6-4-5-7-12(19)16-9-10-18-14(15)21/h11H,3-10H2,1-2H3,(H,16,19)(H,17,20)(H3,15,18,21). The van der Waals surface area contributed by atoms with E-state index in [4.69, 9.17) is 5.73 Å². The molecule has 0 radical (unpaired) electrons. The number of urea groups is 1. The van der Waals surface area contributed by atoms with Crippen LogP contribution in [-0.2, 0) is 9.59 Å². The fourth-order valence-corrected chi connectivity index (χ4v) is 1.63. The van der Waals surface area contributed by atoms with E-state index in [1.165, 1.54) is 0 Å². The Morgan fingerprint density at radius 2 is 1.62 bits per heavy atom. The van der Waals surface area contributed by atoms with Gasteiger partial charge in [-0.3, -0.25) is 9.59 Å². The van der Waals surface area contributed by atoms with Crippen molar-refractivity contribution >= 4 is 17.8 Å². The zero-order chi connectivity index (χ0) is 16.1. The van der Waals surface area contributed by atoms with Crippen molar-refractivity contribution in [2.45, 2.75) is 46.0 Å². The topological polar surface area (TPSA) is 113 Å². The van der Waals surface area contributed by atoms with Gasteiger partial charge in [0, 0.05) is 32.0 Å². The van der Waals surface area contributed by atoms with Crippen molar-refractivity contribution in [1.29, 1.82) is 0 Å². The number of unbranched alkanes of at least 4 members (excludes halogenated alkanes) is 2. The molecule has 0 bridgehead atoms. The fraction of sp³-hybridized carbons (Fsp3) is 0.786. The maximum Gasteiger partial charge on any atom is 0.312 e. The van der Waals surface area contributed by atoms with E-state index in [0.29, 0.717) is 26.1 Å². The number of nitrogens with two attached hydrogens (primary N) is 1. The van der Waals surface area contributed by atoms with E-state index in [-0.39, 0.29) is 17.7 Å². The molecule has 0 aliphatic carbocycles. The van der Waals surface area contributed by atoms with Crippen LogP contribution >= 0.6 is 0 Å². The van der Waals surface area contributed by atoms with Gasteiger partial charge in [-0.05, 0) is 19.3 Å². The number of hydrogen-bond acceptors (Lipinski definition) is 3. The smallest absolute Gasteiger partial charge is 0.312 e. The van der Waals surface area contributed by atoms with Crippen LogP contribution in [0.4, 0.5) is 4.79 Å². The van der Waals surface area contributed by atoms with Gasteiger partial charge in [0.15, 0.2) is 0 Å². The van der Waals surface area contributed by atoms with Crippen LogP contribution in [0, 0.1) is 5.92 Å². The van der Waals surface area contributed by atoms with Gasteiger partial charge in [-0.1, -0.05) is 20.3 Å². The number of primary amides is 1. The molecule has 0 aromatic rings. The Labute approximate surface area is 126 Å². The lowest BCUT2D eigenvalue weighted by Crippen LogP contribution is -2.37. The second kappa shape index (κ2) is 12.0. The van der Waals surface area contributed by atoms with Crippen molar-refractivity contribution in [3.05, 3.63) is 0 Å². The quantitative estimate of drug-likeness (QED) is 0.416. The summed E-state index contributed by atoms with van der Waals surface area (Å²) in [4.78, 5) is 33.3. The minimum Gasteiger partial charge on any atom is -0.356 e. The molecule has 7 nitrogen and oxygen atoms in total. The van der Waals surface area contributed by atoms with E-state index >= 15 is 0 Å². The summed E-state index contributed by atoms with van der Waals surface area (Å²) in [6, 6.07) is -0.594. The first-order valence-corrected chi connectivity index (χ1v) is 7.55. The molecular weight excluding hydrogens is 272 g/mol. The molecular formula is C14H28N4O3. The Morgan fingerprint density at radius 1 is 0.952 bits per heavy atom. The predicted molar refractivity (Wildman–Crippen MR) is 81.5 cm³/mol. The van der Waals surface area contributed by atoms with E-state index < -0.39 is 6.03 Å². The first-order valence-electron chi connectivity index (χ1n) is 7.55. The molecule has 7 heteroatoms. The number of nitrogens with one attached hydrogen (secondary N) is 3. The van der Waals surface area contributed by atoms with E-state index in [2.05, 4.69) is 16.0 Å². The third kappa shape index (κ3) is 11.7. The first kappa shape index (κ1) is 19.2. The van der Waals surface area contributed by atoms with Crippen LogP contribution < -0.4 is 21.7 Å². The number of hydrogen-bond donors (Lipinski definition) is 4. The van der Waals surface area contributed by atoms with Crippen molar-refractivity contribution in [1.82, 2.24) is 16.0 Å². The summed E-state index contributed by atoms with van der Waals surface area (Å²) in [5, 5.41) is 7.97. The first-order chi connectivity index (χ1) is 9.97. The van der Waals surface area contributed by atoms with E-state index in [1.54, 1.807) is 0 Å². The predicted octanol–water partition coefficient (Wildman–Crippen LogP) is 0.494.